The first-order valence-electron chi connectivity index (χ1n) is 6.58. The van der Waals surface area contributed by atoms with E-state index in [2.05, 4.69) is 46.2 Å². The smallest absolute Gasteiger partial charge is 0.165 e. The van der Waals surface area contributed by atoms with Crippen molar-refractivity contribution in [2.24, 2.45) is 0 Å². The van der Waals surface area contributed by atoms with Crippen LogP contribution in [0.3, 0.4) is 0 Å². The Morgan fingerprint density at radius 3 is 2.55 bits per heavy atom. The van der Waals surface area contributed by atoms with Gasteiger partial charge in [0.15, 0.2) is 5.65 Å². The Bertz CT molecular complexity index is 810. The SMILES string of the molecule is CNCc1nc(N)c2cc3c(C)ccc(C)c3nc2n1. The van der Waals surface area contributed by atoms with E-state index in [1.54, 1.807) is 0 Å². The average Bonchev–Trinajstić information content (AvgIpc) is 2.42. The van der Waals surface area contributed by atoms with Crippen LogP contribution in [0.1, 0.15) is 17.0 Å². The predicted octanol–water partition coefficient (Wildman–Crippen LogP) is 2.10. The molecule has 0 spiro atoms. The molecule has 102 valence electrons. The summed E-state index contributed by atoms with van der Waals surface area (Å²) in [5.41, 5.74) is 10.00. The molecule has 0 aliphatic carbocycles. The van der Waals surface area contributed by atoms with Gasteiger partial charge in [0.25, 0.3) is 0 Å². The molecule has 0 saturated heterocycles. The number of aryl methyl sites for hydroxylation is 2. The molecule has 0 saturated carbocycles. The third-order valence-electron chi connectivity index (χ3n) is 3.48. The number of fused-ring (bicyclic) bond motifs is 2. The Labute approximate surface area is 117 Å². The van der Waals surface area contributed by atoms with Gasteiger partial charge in [-0.05, 0) is 38.1 Å². The fraction of sp³-hybridized carbons (Fsp3) is 0.267. The molecule has 5 heteroatoms. The molecule has 0 radical (unpaired) electrons. The highest BCUT2D eigenvalue weighted by atomic mass is 15.0. The maximum Gasteiger partial charge on any atom is 0.165 e. The number of rotatable bonds is 2. The molecule has 3 N–H and O–H groups in total. The van der Waals surface area contributed by atoms with E-state index in [0.29, 0.717) is 23.8 Å². The van der Waals surface area contributed by atoms with Crippen LogP contribution < -0.4 is 11.1 Å². The average molecular weight is 267 g/mol. The molecular formula is C15H17N5. The van der Waals surface area contributed by atoms with Crippen molar-refractivity contribution in [1.29, 1.82) is 0 Å². The van der Waals surface area contributed by atoms with Gasteiger partial charge >= 0.3 is 0 Å². The van der Waals surface area contributed by atoms with E-state index in [0.717, 1.165) is 21.9 Å². The first-order chi connectivity index (χ1) is 9.60. The molecule has 0 aliphatic rings. The van der Waals surface area contributed by atoms with Crippen LogP contribution >= 0.6 is 0 Å². The second-order valence-electron chi connectivity index (χ2n) is 5.01. The van der Waals surface area contributed by atoms with Crippen molar-refractivity contribution in [3.63, 3.8) is 0 Å². The Balaban J connectivity index is 2.39. The fourth-order valence-electron chi connectivity index (χ4n) is 2.38. The van der Waals surface area contributed by atoms with E-state index in [9.17, 15) is 0 Å². The van der Waals surface area contributed by atoms with Crippen LogP contribution in [-0.4, -0.2) is 22.0 Å². The largest absolute Gasteiger partial charge is 0.383 e. The molecule has 3 rings (SSSR count). The first-order valence-corrected chi connectivity index (χ1v) is 6.58. The summed E-state index contributed by atoms with van der Waals surface area (Å²) in [6, 6.07) is 6.21. The zero-order chi connectivity index (χ0) is 14.3. The number of hydrogen-bond donors (Lipinski definition) is 2. The van der Waals surface area contributed by atoms with Gasteiger partial charge in [0, 0.05) is 5.39 Å². The molecule has 2 aromatic heterocycles. The van der Waals surface area contributed by atoms with Crippen LogP contribution in [0.25, 0.3) is 21.9 Å². The summed E-state index contributed by atoms with van der Waals surface area (Å²) < 4.78 is 0. The number of nitrogens with one attached hydrogen (secondary N) is 1. The van der Waals surface area contributed by atoms with Crippen molar-refractivity contribution in [3.8, 4) is 0 Å². The van der Waals surface area contributed by atoms with Crippen LogP contribution in [0.15, 0.2) is 18.2 Å². The van der Waals surface area contributed by atoms with Gasteiger partial charge in [-0.25, -0.2) is 15.0 Å². The Hall–Kier alpha value is -2.27. The summed E-state index contributed by atoms with van der Waals surface area (Å²) in [6.45, 7) is 4.70. The highest BCUT2D eigenvalue weighted by molar-refractivity contribution is 5.98. The molecule has 20 heavy (non-hydrogen) atoms. The molecule has 0 amide bonds. The van der Waals surface area contributed by atoms with Crippen molar-refractivity contribution in [2.45, 2.75) is 20.4 Å². The lowest BCUT2D eigenvalue weighted by Crippen LogP contribution is -2.11. The van der Waals surface area contributed by atoms with Crippen molar-refractivity contribution in [2.75, 3.05) is 12.8 Å². The van der Waals surface area contributed by atoms with Crippen LogP contribution in [-0.2, 0) is 6.54 Å². The normalized spacial score (nSPS) is 11.3. The lowest BCUT2D eigenvalue weighted by atomic mass is 10.0. The number of aromatic nitrogens is 3. The number of nitrogens with zero attached hydrogens (tertiary/aromatic N) is 3. The number of pyridine rings is 1. The summed E-state index contributed by atoms with van der Waals surface area (Å²) in [5, 5.41) is 4.94. The number of benzene rings is 1. The lowest BCUT2D eigenvalue weighted by molar-refractivity contribution is 0.765. The fourth-order valence-corrected chi connectivity index (χ4v) is 2.38. The monoisotopic (exact) mass is 267 g/mol. The maximum atomic E-state index is 6.05. The highest BCUT2D eigenvalue weighted by Gasteiger charge is 2.10. The van der Waals surface area contributed by atoms with Gasteiger partial charge in [0.05, 0.1) is 17.4 Å². The topological polar surface area (TPSA) is 76.7 Å². The molecule has 0 fully saturated rings. The molecule has 0 atom stereocenters. The second-order valence-corrected chi connectivity index (χ2v) is 5.01. The van der Waals surface area contributed by atoms with E-state index < -0.39 is 0 Å². The first kappa shape index (κ1) is 12.7. The second kappa shape index (κ2) is 4.68. The van der Waals surface area contributed by atoms with Gasteiger partial charge in [-0.2, -0.15) is 0 Å². The van der Waals surface area contributed by atoms with Crippen LogP contribution in [0.5, 0.6) is 0 Å². The Morgan fingerprint density at radius 1 is 1.05 bits per heavy atom. The number of nitrogens with two attached hydrogens (primary N) is 1. The molecule has 0 bridgehead atoms. The maximum absolute atomic E-state index is 6.05. The Kier molecular flexibility index (Phi) is 2.99. The molecule has 3 aromatic rings. The van der Waals surface area contributed by atoms with Gasteiger partial charge in [-0.15, -0.1) is 0 Å². The van der Waals surface area contributed by atoms with Gasteiger partial charge < -0.3 is 11.1 Å². The number of hydrogen-bond acceptors (Lipinski definition) is 5. The zero-order valence-electron chi connectivity index (χ0n) is 11.9. The van der Waals surface area contributed by atoms with Crippen molar-refractivity contribution >= 4 is 27.8 Å². The summed E-state index contributed by atoms with van der Waals surface area (Å²) >= 11 is 0. The van der Waals surface area contributed by atoms with E-state index in [1.807, 2.05) is 13.1 Å². The van der Waals surface area contributed by atoms with Crippen LogP contribution in [0.2, 0.25) is 0 Å². The summed E-state index contributed by atoms with van der Waals surface area (Å²) in [7, 11) is 1.85. The molecule has 0 unspecified atom stereocenters. The summed E-state index contributed by atoms with van der Waals surface area (Å²) in [5.74, 6) is 1.14. The molecule has 1 aromatic carbocycles. The van der Waals surface area contributed by atoms with Crippen LogP contribution in [0.4, 0.5) is 5.82 Å². The van der Waals surface area contributed by atoms with E-state index >= 15 is 0 Å². The quantitative estimate of drug-likeness (QED) is 0.695. The molecular weight excluding hydrogens is 250 g/mol. The zero-order valence-corrected chi connectivity index (χ0v) is 11.9. The van der Waals surface area contributed by atoms with Gasteiger partial charge in [0.2, 0.25) is 0 Å². The van der Waals surface area contributed by atoms with Crippen molar-refractivity contribution in [1.82, 2.24) is 20.3 Å². The third kappa shape index (κ3) is 1.96. The van der Waals surface area contributed by atoms with Gasteiger partial charge in [0.1, 0.15) is 11.6 Å². The predicted molar refractivity (Wildman–Crippen MR) is 81.5 cm³/mol. The van der Waals surface area contributed by atoms with Crippen molar-refractivity contribution in [3.05, 3.63) is 35.2 Å². The minimum Gasteiger partial charge on any atom is -0.383 e. The van der Waals surface area contributed by atoms with Crippen LogP contribution in [0, 0.1) is 13.8 Å². The van der Waals surface area contributed by atoms with Crippen molar-refractivity contribution < 1.29 is 0 Å². The van der Waals surface area contributed by atoms with E-state index in [4.69, 9.17) is 5.73 Å². The van der Waals surface area contributed by atoms with E-state index in [-0.39, 0.29) is 0 Å². The minimum atomic E-state index is 0.482. The molecule has 5 nitrogen and oxygen atoms in total. The molecule has 2 heterocycles. The lowest BCUT2D eigenvalue weighted by Gasteiger charge is -2.09. The number of anilines is 1. The summed E-state index contributed by atoms with van der Waals surface area (Å²) in [4.78, 5) is 13.5. The standard InChI is InChI=1S/C15H17N5/c1-8-4-5-9(2)13-10(8)6-11-14(16)18-12(7-17-3)19-15(11)20-13/h4-6,17H,7H2,1-3H3,(H2,16,18,19,20). The molecule has 0 aliphatic heterocycles. The minimum absolute atomic E-state index is 0.482. The van der Waals surface area contributed by atoms with Gasteiger partial charge in [-0.3, -0.25) is 0 Å². The number of nitrogen functional groups attached to an aromatic ring is 1. The third-order valence-corrected chi connectivity index (χ3v) is 3.48. The highest BCUT2D eigenvalue weighted by Crippen LogP contribution is 2.26. The summed E-state index contributed by atoms with van der Waals surface area (Å²) in [6.07, 6.45) is 0. The van der Waals surface area contributed by atoms with E-state index in [1.165, 1.54) is 5.56 Å². The Morgan fingerprint density at radius 2 is 1.80 bits per heavy atom. The van der Waals surface area contributed by atoms with Gasteiger partial charge in [-0.1, -0.05) is 12.1 Å².